The van der Waals surface area contributed by atoms with Crippen LogP contribution in [0, 0.1) is 0 Å². The van der Waals surface area contributed by atoms with Crippen LogP contribution in [0.25, 0.3) is 0 Å². The molecule has 0 rings (SSSR count). The highest BCUT2D eigenvalue weighted by molar-refractivity contribution is 5.77. The van der Waals surface area contributed by atoms with Crippen LogP contribution >= 0.6 is 0 Å². The van der Waals surface area contributed by atoms with Gasteiger partial charge in [-0.2, -0.15) is 0 Å². The Morgan fingerprint density at radius 2 is 0.957 bits per heavy atom. The van der Waals surface area contributed by atoms with Gasteiger partial charge in [-0.3, -0.25) is 9.59 Å². The molecule has 0 aromatic rings. The Morgan fingerprint density at radius 3 is 1.30 bits per heavy atom. The van der Waals surface area contributed by atoms with Crippen LogP contribution < -0.4 is 0 Å². The van der Waals surface area contributed by atoms with Crippen molar-refractivity contribution in [3.05, 3.63) is 0 Å². The fourth-order valence-corrected chi connectivity index (χ4v) is 2.99. The molecule has 0 aromatic heterocycles. The van der Waals surface area contributed by atoms with Crippen LogP contribution in [0.2, 0.25) is 0 Å². The van der Waals surface area contributed by atoms with Crippen molar-refractivity contribution in [3.8, 4) is 0 Å². The molecular formula is C21H39O2. The first-order valence-electron chi connectivity index (χ1n) is 10.2. The van der Waals surface area contributed by atoms with Gasteiger partial charge in [-0.15, -0.1) is 0 Å². The van der Waals surface area contributed by atoms with Crippen molar-refractivity contribution in [1.82, 2.24) is 0 Å². The Morgan fingerprint density at radius 1 is 0.609 bits per heavy atom. The molecule has 0 fully saturated rings. The maximum Gasteiger partial charge on any atom is 0.198 e. The lowest BCUT2D eigenvalue weighted by Crippen LogP contribution is -1.94. The number of ketones is 1. The monoisotopic (exact) mass is 323 g/mol. The van der Waals surface area contributed by atoms with E-state index in [0.29, 0.717) is 18.6 Å². The Kier molecular flexibility index (Phi) is 18.8. The van der Waals surface area contributed by atoms with Gasteiger partial charge in [0.2, 0.25) is 0 Å². The van der Waals surface area contributed by atoms with E-state index in [1.807, 2.05) is 13.2 Å². The van der Waals surface area contributed by atoms with E-state index in [9.17, 15) is 9.59 Å². The van der Waals surface area contributed by atoms with E-state index in [2.05, 4.69) is 0 Å². The summed E-state index contributed by atoms with van der Waals surface area (Å²) in [6.07, 6.45) is 23.6. The van der Waals surface area contributed by atoms with Crippen molar-refractivity contribution in [2.24, 2.45) is 0 Å². The van der Waals surface area contributed by atoms with Crippen LogP contribution in [0.5, 0.6) is 0 Å². The highest BCUT2D eigenvalue weighted by Gasteiger charge is 1.98. The maximum absolute atomic E-state index is 11.2. The van der Waals surface area contributed by atoms with E-state index in [1.54, 1.807) is 0 Å². The van der Waals surface area contributed by atoms with Crippen molar-refractivity contribution < 1.29 is 9.59 Å². The normalized spacial score (nSPS) is 10.8. The van der Waals surface area contributed by atoms with Gasteiger partial charge in [0.05, 0.1) is 0 Å². The van der Waals surface area contributed by atoms with Crippen molar-refractivity contribution in [2.75, 3.05) is 0 Å². The van der Waals surface area contributed by atoms with Gasteiger partial charge in [0, 0.05) is 19.3 Å². The molecule has 2 nitrogen and oxygen atoms in total. The molecule has 0 unspecified atom stereocenters. The number of carbonyl (C=O) groups is 1. The van der Waals surface area contributed by atoms with Gasteiger partial charge in [0.1, 0.15) is 5.78 Å². The molecule has 135 valence electrons. The Hall–Kier alpha value is -0.660. The third-order valence-electron chi connectivity index (χ3n) is 4.63. The van der Waals surface area contributed by atoms with Crippen molar-refractivity contribution >= 4 is 12.1 Å². The second kappa shape index (κ2) is 19.4. The van der Waals surface area contributed by atoms with Crippen molar-refractivity contribution in [3.63, 3.8) is 0 Å². The fourth-order valence-electron chi connectivity index (χ4n) is 2.99. The topological polar surface area (TPSA) is 34.1 Å². The lowest BCUT2D eigenvalue weighted by atomic mass is 10.0. The molecule has 0 amide bonds. The Bertz CT molecular complexity index is 261. The first-order valence-corrected chi connectivity index (χ1v) is 10.2. The minimum Gasteiger partial charge on any atom is -0.300 e. The van der Waals surface area contributed by atoms with Crippen LogP contribution in [0.4, 0.5) is 0 Å². The first-order chi connectivity index (χ1) is 11.3. The summed E-state index contributed by atoms with van der Waals surface area (Å²) in [5.74, 6) is 0.421. The van der Waals surface area contributed by atoms with E-state index in [1.165, 1.54) is 83.5 Å². The molecule has 23 heavy (non-hydrogen) atoms. The van der Waals surface area contributed by atoms with Gasteiger partial charge in [0.25, 0.3) is 0 Å². The summed E-state index contributed by atoms with van der Waals surface area (Å²) in [7, 11) is 0. The SMILES string of the molecule is CCC(=O)CCCCCCCCCCCCCCCCC[C]=O. The molecule has 0 heterocycles. The van der Waals surface area contributed by atoms with Crippen molar-refractivity contribution in [2.45, 2.75) is 122 Å². The Labute approximate surface area is 144 Å². The maximum atomic E-state index is 11.2. The number of rotatable bonds is 19. The lowest BCUT2D eigenvalue weighted by Gasteiger charge is -2.03. The predicted octanol–water partition coefficient (Wildman–Crippen LogP) is 6.71. The minimum absolute atomic E-state index is 0.421. The molecule has 0 aromatic carbocycles. The van der Waals surface area contributed by atoms with E-state index in [4.69, 9.17) is 0 Å². The largest absolute Gasteiger partial charge is 0.300 e. The summed E-state index contributed by atoms with van der Waals surface area (Å²) < 4.78 is 0. The highest BCUT2D eigenvalue weighted by atomic mass is 16.1. The molecule has 0 atom stereocenters. The molecule has 2 heteroatoms. The van der Waals surface area contributed by atoms with Crippen LogP contribution in [0.3, 0.4) is 0 Å². The third kappa shape index (κ3) is 19.3. The average Bonchev–Trinajstić information content (AvgIpc) is 2.57. The molecule has 0 aliphatic heterocycles. The van der Waals surface area contributed by atoms with Crippen molar-refractivity contribution in [1.29, 1.82) is 0 Å². The zero-order valence-electron chi connectivity index (χ0n) is 15.5. The molecule has 0 N–H and O–H groups in total. The second-order valence-electron chi connectivity index (χ2n) is 6.84. The summed E-state index contributed by atoms with van der Waals surface area (Å²) in [6.45, 7) is 1.96. The zero-order chi connectivity index (χ0) is 17.0. The molecule has 0 bridgehead atoms. The quantitative estimate of drug-likeness (QED) is 0.248. The Balaban J connectivity index is 3.00. The number of hydrogen-bond donors (Lipinski definition) is 0. The van der Waals surface area contributed by atoms with Gasteiger partial charge < -0.3 is 0 Å². The predicted molar refractivity (Wildman–Crippen MR) is 99.5 cm³/mol. The van der Waals surface area contributed by atoms with Gasteiger partial charge in [-0.05, 0) is 12.8 Å². The smallest absolute Gasteiger partial charge is 0.198 e. The van der Waals surface area contributed by atoms with Gasteiger partial charge in [0.15, 0.2) is 6.29 Å². The van der Waals surface area contributed by atoms with E-state index in [-0.39, 0.29) is 0 Å². The summed E-state index contributed by atoms with van der Waals surface area (Å²) in [5, 5.41) is 0. The number of hydrogen-bond acceptors (Lipinski definition) is 2. The molecule has 0 spiro atoms. The molecule has 1 radical (unpaired) electrons. The third-order valence-corrected chi connectivity index (χ3v) is 4.63. The summed E-state index contributed by atoms with van der Waals surface area (Å²) >= 11 is 0. The average molecular weight is 324 g/mol. The van der Waals surface area contributed by atoms with Gasteiger partial charge in [-0.25, -0.2) is 0 Å². The summed E-state index contributed by atoms with van der Waals surface area (Å²) in [5.41, 5.74) is 0. The minimum atomic E-state index is 0.421. The standard InChI is InChI=1S/C21H39O2/c1-2-21(23)19-17-15-13-11-9-7-5-3-4-6-8-10-12-14-16-18-20-22/h2-19H2,1H3. The second-order valence-corrected chi connectivity index (χ2v) is 6.84. The molecular weight excluding hydrogens is 284 g/mol. The van der Waals surface area contributed by atoms with E-state index >= 15 is 0 Å². The van der Waals surface area contributed by atoms with Crippen LogP contribution in [0.15, 0.2) is 0 Å². The zero-order valence-corrected chi connectivity index (χ0v) is 15.5. The van der Waals surface area contributed by atoms with E-state index < -0.39 is 0 Å². The molecule has 0 aliphatic carbocycles. The van der Waals surface area contributed by atoms with Gasteiger partial charge >= 0.3 is 0 Å². The lowest BCUT2D eigenvalue weighted by molar-refractivity contribution is -0.118. The molecule has 0 saturated carbocycles. The number of unbranched alkanes of at least 4 members (excludes halogenated alkanes) is 15. The number of carbonyl (C=O) groups excluding carboxylic acids is 2. The van der Waals surface area contributed by atoms with Crippen LogP contribution in [-0.2, 0) is 9.59 Å². The number of Topliss-reactive ketones (excluding diaryl/α,β-unsaturated/α-hetero) is 1. The van der Waals surface area contributed by atoms with Gasteiger partial charge in [-0.1, -0.05) is 90.4 Å². The summed E-state index contributed by atoms with van der Waals surface area (Å²) in [4.78, 5) is 21.2. The molecule has 0 aliphatic rings. The van der Waals surface area contributed by atoms with E-state index in [0.717, 1.165) is 19.3 Å². The fraction of sp³-hybridized carbons (Fsp3) is 0.905. The first kappa shape index (κ1) is 22.3. The van der Waals surface area contributed by atoms with Crippen LogP contribution in [-0.4, -0.2) is 12.1 Å². The molecule has 0 saturated heterocycles. The van der Waals surface area contributed by atoms with Crippen LogP contribution in [0.1, 0.15) is 122 Å². The summed E-state index contributed by atoms with van der Waals surface area (Å²) in [6, 6.07) is 0. The highest BCUT2D eigenvalue weighted by Crippen LogP contribution is 2.14.